The maximum Gasteiger partial charge on any atom is 0.146 e. The van der Waals surface area contributed by atoms with Crippen molar-refractivity contribution in [2.45, 2.75) is 44.8 Å². The normalized spacial score (nSPS) is 22.8. The summed E-state index contributed by atoms with van der Waals surface area (Å²) in [5.74, 6) is 0.644. The van der Waals surface area contributed by atoms with Gasteiger partial charge in [0.25, 0.3) is 0 Å². The second-order valence-electron chi connectivity index (χ2n) is 7.84. The quantitative estimate of drug-likeness (QED) is 0.828. The van der Waals surface area contributed by atoms with Crippen LogP contribution in [0, 0.1) is 11.7 Å². The standard InChI is InChI=1S/C20H32FN3O/c1-16-6-10-23(11-7-16)14-18(25)15-24-12-8-17(9-13-24)22-20-5-3-2-4-19(20)21/h2-5,16-18,22,25H,6-15H2,1H3. The van der Waals surface area contributed by atoms with E-state index < -0.39 is 0 Å². The number of benzene rings is 1. The summed E-state index contributed by atoms with van der Waals surface area (Å²) in [5.41, 5.74) is 0.598. The molecule has 140 valence electrons. The van der Waals surface area contributed by atoms with Gasteiger partial charge in [0.2, 0.25) is 0 Å². The molecule has 5 heteroatoms. The smallest absolute Gasteiger partial charge is 0.146 e. The molecule has 2 aliphatic heterocycles. The predicted octanol–water partition coefficient (Wildman–Crippen LogP) is 2.79. The maximum atomic E-state index is 13.7. The van der Waals surface area contributed by atoms with Crippen LogP contribution in [0.1, 0.15) is 32.6 Å². The first-order chi connectivity index (χ1) is 12.1. The van der Waals surface area contributed by atoms with Crippen LogP contribution in [0.5, 0.6) is 0 Å². The van der Waals surface area contributed by atoms with Crippen molar-refractivity contribution >= 4 is 5.69 Å². The monoisotopic (exact) mass is 349 g/mol. The Morgan fingerprint density at radius 3 is 2.20 bits per heavy atom. The topological polar surface area (TPSA) is 38.7 Å². The second kappa shape index (κ2) is 8.97. The minimum absolute atomic E-state index is 0.184. The van der Waals surface area contributed by atoms with Crippen molar-refractivity contribution in [3.05, 3.63) is 30.1 Å². The second-order valence-corrected chi connectivity index (χ2v) is 7.84. The van der Waals surface area contributed by atoms with E-state index in [0.717, 1.165) is 58.0 Å². The van der Waals surface area contributed by atoms with E-state index in [1.54, 1.807) is 12.1 Å². The number of aliphatic hydroxyl groups is 1. The summed E-state index contributed by atoms with van der Waals surface area (Å²) in [6.07, 6.45) is 4.20. The number of rotatable bonds is 6. The lowest BCUT2D eigenvalue weighted by Crippen LogP contribution is -2.46. The highest BCUT2D eigenvalue weighted by Crippen LogP contribution is 2.20. The Morgan fingerprint density at radius 2 is 1.60 bits per heavy atom. The third-order valence-corrected chi connectivity index (χ3v) is 5.64. The summed E-state index contributed by atoms with van der Waals surface area (Å²) in [7, 11) is 0. The van der Waals surface area contributed by atoms with Gasteiger partial charge >= 0.3 is 0 Å². The fourth-order valence-corrected chi connectivity index (χ4v) is 3.96. The summed E-state index contributed by atoms with van der Waals surface area (Å²) in [6.45, 7) is 8.01. The lowest BCUT2D eigenvalue weighted by atomic mass is 9.99. The number of nitrogens with zero attached hydrogens (tertiary/aromatic N) is 2. The van der Waals surface area contributed by atoms with E-state index in [-0.39, 0.29) is 11.9 Å². The summed E-state index contributed by atoms with van der Waals surface area (Å²) < 4.78 is 13.7. The lowest BCUT2D eigenvalue weighted by Gasteiger charge is -2.36. The molecule has 2 aliphatic rings. The molecule has 0 aromatic heterocycles. The van der Waals surface area contributed by atoms with Crippen LogP contribution in [0.25, 0.3) is 0 Å². The molecule has 1 aromatic rings. The van der Waals surface area contributed by atoms with E-state index in [1.165, 1.54) is 18.9 Å². The number of piperidine rings is 2. The molecule has 1 unspecified atom stereocenters. The van der Waals surface area contributed by atoms with Gasteiger partial charge in [0, 0.05) is 32.2 Å². The summed E-state index contributed by atoms with van der Waals surface area (Å²) >= 11 is 0. The number of anilines is 1. The zero-order valence-electron chi connectivity index (χ0n) is 15.3. The van der Waals surface area contributed by atoms with Gasteiger partial charge in [-0.3, -0.25) is 0 Å². The van der Waals surface area contributed by atoms with Gasteiger partial charge in [0.1, 0.15) is 5.82 Å². The molecular formula is C20H32FN3O. The summed E-state index contributed by atoms with van der Waals surface area (Å²) in [6, 6.07) is 7.18. The predicted molar refractivity (Wildman–Crippen MR) is 100 cm³/mol. The van der Waals surface area contributed by atoms with Crippen LogP contribution >= 0.6 is 0 Å². The highest BCUT2D eigenvalue weighted by atomic mass is 19.1. The molecule has 1 aromatic carbocycles. The lowest BCUT2D eigenvalue weighted by molar-refractivity contribution is 0.0549. The number of para-hydroxylation sites is 1. The summed E-state index contributed by atoms with van der Waals surface area (Å²) in [5, 5.41) is 13.7. The Hall–Kier alpha value is -1.17. The van der Waals surface area contributed by atoms with E-state index in [0.29, 0.717) is 11.7 Å². The van der Waals surface area contributed by atoms with Gasteiger partial charge in [-0.25, -0.2) is 4.39 Å². The van der Waals surface area contributed by atoms with E-state index in [1.807, 2.05) is 6.07 Å². The van der Waals surface area contributed by atoms with Crippen molar-refractivity contribution < 1.29 is 9.50 Å². The molecular weight excluding hydrogens is 317 g/mol. The largest absolute Gasteiger partial charge is 0.390 e. The van der Waals surface area contributed by atoms with Crippen molar-refractivity contribution in [3.63, 3.8) is 0 Å². The molecule has 0 amide bonds. The minimum atomic E-state index is -0.274. The molecule has 0 bridgehead atoms. The van der Waals surface area contributed by atoms with Gasteiger partial charge in [-0.05, 0) is 56.8 Å². The van der Waals surface area contributed by atoms with Crippen LogP contribution < -0.4 is 5.32 Å². The van der Waals surface area contributed by atoms with Crippen LogP contribution in [0.2, 0.25) is 0 Å². The Morgan fingerprint density at radius 1 is 1.04 bits per heavy atom. The van der Waals surface area contributed by atoms with Crippen LogP contribution in [0.4, 0.5) is 10.1 Å². The van der Waals surface area contributed by atoms with Crippen molar-refractivity contribution in [1.82, 2.24) is 9.80 Å². The molecule has 0 aliphatic carbocycles. The van der Waals surface area contributed by atoms with E-state index in [9.17, 15) is 9.50 Å². The van der Waals surface area contributed by atoms with Crippen molar-refractivity contribution in [2.24, 2.45) is 5.92 Å². The number of hydrogen-bond donors (Lipinski definition) is 2. The number of hydrogen-bond acceptors (Lipinski definition) is 4. The molecule has 0 saturated carbocycles. The van der Waals surface area contributed by atoms with E-state index in [2.05, 4.69) is 22.0 Å². The average molecular weight is 349 g/mol. The Balaban J connectivity index is 1.36. The maximum absolute atomic E-state index is 13.7. The number of nitrogens with one attached hydrogen (secondary N) is 1. The summed E-state index contributed by atoms with van der Waals surface area (Å²) in [4.78, 5) is 4.74. The third kappa shape index (κ3) is 5.66. The van der Waals surface area contributed by atoms with Crippen LogP contribution in [0.15, 0.2) is 24.3 Å². The average Bonchev–Trinajstić information content (AvgIpc) is 2.61. The fraction of sp³-hybridized carbons (Fsp3) is 0.700. The highest BCUT2D eigenvalue weighted by molar-refractivity contribution is 5.45. The Bertz CT molecular complexity index is 525. The molecule has 2 N–H and O–H groups in total. The molecule has 1 atom stereocenters. The number of aliphatic hydroxyl groups excluding tert-OH is 1. The zero-order chi connectivity index (χ0) is 17.6. The van der Waals surface area contributed by atoms with Crippen LogP contribution in [0.3, 0.4) is 0 Å². The number of β-amino-alcohol motifs (C(OH)–C–C–N with tert-alkyl or cyclic N) is 1. The Labute approximate surface area is 151 Å². The van der Waals surface area contributed by atoms with Gasteiger partial charge in [0.05, 0.1) is 11.8 Å². The molecule has 3 rings (SSSR count). The molecule has 0 spiro atoms. The first-order valence-corrected chi connectivity index (χ1v) is 9.74. The van der Waals surface area contributed by atoms with Crippen LogP contribution in [-0.2, 0) is 0 Å². The highest BCUT2D eigenvalue weighted by Gasteiger charge is 2.23. The third-order valence-electron chi connectivity index (χ3n) is 5.64. The van der Waals surface area contributed by atoms with E-state index in [4.69, 9.17) is 0 Å². The van der Waals surface area contributed by atoms with Crippen molar-refractivity contribution in [2.75, 3.05) is 44.6 Å². The van der Waals surface area contributed by atoms with Crippen molar-refractivity contribution in [3.8, 4) is 0 Å². The first-order valence-electron chi connectivity index (χ1n) is 9.74. The zero-order valence-corrected chi connectivity index (χ0v) is 15.3. The molecule has 2 heterocycles. The fourth-order valence-electron chi connectivity index (χ4n) is 3.96. The molecule has 2 fully saturated rings. The minimum Gasteiger partial charge on any atom is -0.390 e. The Kier molecular flexibility index (Phi) is 6.68. The van der Waals surface area contributed by atoms with Gasteiger partial charge < -0.3 is 20.2 Å². The van der Waals surface area contributed by atoms with Gasteiger partial charge in [-0.2, -0.15) is 0 Å². The molecule has 2 saturated heterocycles. The van der Waals surface area contributed by atoms with Gasteiger partial charge in [0.15, 0.2) is 0 Å². The number of halogens is 1. The molecule has 25 heavy (non-hydrogen) atoms. The first kappa shape index (κ1) is 18.6. The van der Waals surface area contributed by atoms with Gasteiger partial charge in [-0.15, -0.1) is 0 Å². The van der Waals surface area contributed by atoms with E-state index >= 15 is 0 Å². The van der Waals surface area contributed by atoms with Gasteiger partial charge in [-0.1, -0.05) is 19.1 Å². The SMILES string of the molecule is CC1CCN(CC(O)CN2CCC(Nc3ccccc3F)CC2)CC1. The molecule has 4 nitrogen and oxygen atoms in total. The van der Waals surface area contributed by atoms with Crippen molar-refractivity contribution in [1.29, 1.82) is 0 Å². The van der Waals surface area contributed by atoms with Crippen LogP contribution in [-0.4, -0.2) is 66.3 Å². The number of likely N-dealkylation sites (tertiary alicyclic amines) is 2. The molecule has 0 radical (unpaired) electrons.